The quantitative estimate of drug-likeness (QED) is 0.778. The lowest BCUT2D eigenvalue weighted by atomic mass is 10.1. The molecule has 7 nitrogen and oxygen atoms in total. The van der Waals surface area contributed by atoms with Crippen molar-refractivity contribution in [2.45, 2.75) is 22.6 Å². The van der Waals surface area contributed by atoms with Crippen LogP contribution in [-0.2, 0) is 15.6 Å². The van der Waals surface area contributed by atoms with Crippen LogP contribution in [0.15, 0.2) is 28.5 Å². The third-order valence-electron chi connectivity index (χ3n) is 4.33. The third kappa shape index (κ3) is 3.05. The van der Waals surface area contributed by atoms with Crippen LogP contribution in [0, 0.1) is 0 Å². The molecular weight excluding hydrogens is 402 g/mol. The monoisotopic (exact) mass is 415 g/mol. The Kier molecular flexibility index (Phi) is 4.14. The van der Waals surface area contributed by atoms with Crippen LogP contribution < -0.4 is 14.2 Å². The van der Waals surface area contributed by atoms with Crippen LogP contribution in [0.1, 0.15) is 28.8 Å². The molecule has 1 aromatic carbocycles. The molecule has 0 atom stereocenters. The largest absolute Gasteiger partial charge is 0.486 e. The second kappa shape index (κ2) is 6.12. The zero-order valence-corrected chi connectivity index (χ0v) is 15.7. The fraction of sp³-hybridized carbons (Fsp3) is 0.312. The number of nitrogens with one attached hydrogen (secondary N) is 1. The predicted octanol–water partition coefficient (Wildman–Crippen LogP) is 2.84. The lowest BCUT2D eigenvalue weighted by molar-refractivity contribution is 0.0697. The van der Waals surface area contributed by atoms with Crippen molar-refractivity contribution in [2.24, 2.45) is 0 Å². The number of hydrogen-bond acceptors (Lipinski definition) is 6. The third-order valence-corrected chi connectivity index (χ3v) is 7.70. The minimum Gasteiger partial charge on any atom is -0.486 e. The Bertz CT molecular complexity index is 996. The number of hydrogen-bond donors (Lipinski definition) is 2. The molecule has 0 saturated heterocycles. The summed E-state index contributed by atoms with van der Waals surface area (Å²) in [4.78, 5) is 11.1. The van der Waals surface area contributed by atoms with Gasteiger partial charge in [-0.1, -0.05) is 17.7 Å². The summed E-state index contributed by atoms with van der Waals surface area (Å²) in [6.07, 6.45) is 1.27. The first-order valence-electron chi connectivity index (χ1n) is 7.77. The fourth-order valence-electron chi connectivity index (χ4n) is 2.85. The molecule has 1 aliphatic heterocycles. The van der Waals surface area contributed by atoms with E-state index in [9.17, 15) is 13.2 Å². The first-order chi connectivity index (χ1) is 12.3. The average Bonchev–Trinajstić information content (AvgIpc) is 3.25. The summed E-state index contributed by atoms with van der Waals surface area (Å²) in [5.74, 6) is -0.0398. The Labute approximate surface area is 158 Å². The van der Waals surface area contributed by atoms with Crippen molar-refractivity contribution in [1.29, 1.82) is 0 Å². The van der Waals surface area contributed by atoms with Crippen LogP contribution in [0.25, 0.3) is 0 Å². The Morgan fingerprint density at radius 3 is 2.50 bits per heavy atom. The molecule has 10 heteroatoms. The van der Waals surface area contributed by atoms with Gasteiger partial charge in [-0.2, -0.15) is 4.72 Å². The second-order valence-electron chi connectivity index (χ2n) is 6.10. The lowest BCUT2D eigenvalue weighted by Gasteiger charge is -2.22. The molecule has 1 saturated carbocycles. The van der Waals surface area contributed by atoms with Crippen LogP contribution in [0.3, 0.4) is 0 Å². The van der Waals surface area contributed by atoms with Crippen molar-refractivity contribution >= 4 is 38.9 Å². The predicted molar refractivity (Wildman–Crippen MR) is 95.0 cm³/mol. The summed E-state index contributed by atoms with van der Waals surface area (Å²) in [6.45, 7) is 0.927. The van der Waals surface area contributed by atoms with Crippen molar-refractivity contribution in [3.63, 3.8) is 0 Å². The number of carbonyl (C=O) groups is 1. The Morgan fingerprint density at radius 2 is 1.88 bits per heavy atom. The second-order valence-corrected chi connectivity index (χ2v) is 9.67. The molecule has 1 fully saturated rings. The van der Waals surface area contributed by atoms with Gasteiger partial charge >= 0.3 is 5.97 Å². The maximum Gasteiger partial charge on any atom is 0.338 e. The molecule has 2 heterocycles. The lowest BCUT2D eigenvalue weighted by Crippen LogP contribution is -2.34. The van der Waals surface area contributed by atoms with Gasteiger partial charge in [0.25, 0.3) is 10.0 Å². The summed E-state index contributed by atoms with van der Waals surface area (Å²) in [5, 5.41) is 9.06. The number of aromatic carboxylic acids is 1. The summed E-state index contributed by atoms with van der Waals surface area (Å²) in [5.41, 5.74) is -0.165. The van der Waals surface area contributed by atoms with Gasteiger partial charge in [-0.3, -0.25) is 0 Å². The maximum absolute atomic E-state index is 12.7. The molecule has 1 aromatic heterocycles. The number of halogens is 1. The van der Waals surface area contributed by atoms with Crippen molar-refractivity contribution in [3.8, 4) is 11.5 Å². The van der Waals surface area contributed by atoms with Gasteiger partial charge in [-0.15, -0.1) is 11.3 Å². The van der Waals surface area contributed by atoms with E-state index in [-0.39, 0.29) is 14.1 Å². The number of carboxylic acid groups (broad SMARTS) is 1. The average molecular weight is 416 g/mol. The van der Waals surface area contributed by atoms with E-state index in [1.54, 1.807) is 12.1 Å². The number of rotatable bonds is 5. The molecular formula is C16H14ClNO6S2. The highest BCUT2D eigenvalue weighted by Crippen LogP contribution is 2.49. The zero-order chi connectivity index (χ0) is 18.5. The summed E-state index contributed by atoms with van der Waals surface area (Å²) < 4.78 is 39.0. The first kappa shape index (κ1) is 17.6. The van der Waals surface area contributed by atoms with Crippen LogP contribution in [0.5, 0.6) is 11.5 Å². The highest BCUT2D eigenvalue weighted by Gasteiger charge is 2.48. The molecule has 4 rings (SSSR count). The fourth-order valence-corrected chi connectivity index (χ4v) is 6.00. The van der Waals surface area contributed by atoms with Crippen LogP contribution >= 0.6 is 22.9 Å². The van der Waals surface area contributed by atoms with Crippen LogP contribution in [0.2, 0.25) is 4.34 Å². The molecule has 0 radical (unpaired) electrons. The zero-order valence-electron chi connectivity index (χ0n) is 13.3. The van der Waals surface area contributed by atoms with E-state index in [1.165, 1.54) is 0 Å². The van der Waals surface area contributed by atoms with E-state index in [1.807, 2.05) is 6.07 Å². The van der Waals surface area contributed by atoms with Gasteiger partial charge in [0.05, 0.1) is 11.1 Å². The van der Waals surface area contributed by atoms with Crippen LogP contribution in [-0.4, -0.2) is 32.7 Å². The van der Waals surface area contributed by atoms with E-state index >= 15 is 0 Å². The van der Waals surface area contributed by atoms with Gasteiger partial charge in [0, 0.05) is 0 Å². The SMILES string of the molecule is O=C(O)c1cc(S(=O)(=O)NC2(c3ccc4c(c3)OCCO4)CC2)sc1Cl. The molecule has 0 unspecified atom stereocenters. The highest BCUT2D eigenvalue weighted by molar-refractivity contribution is 7.91. The Morgan fingerprint density at radius 1 is 1.19 bits per heavy atom. The van der Waals surface area contributed by atoms with Crippen molar-refractivity contribution in [1.82, 2.24) is 4.72 Å². The first-order valence-corrected chi connectivity index (χ1v) is 10.5. The van der Waals surface area contributed by atoms with E-state index in [4.69, 9.17) is 26.2 Å². The topological polar surface area (TPSA) is 102 Å². The van der Waals surface area contributed by atoms with Crippen molar-refractivity contribution in [2.75, 3.05) is 13.2 Å². The van der Waals surface area contributed by atoms with Gasteiger partial charge in [0.2, 0.25) is 0 Å². The minimum absolute atomic E-state index is 0.0675. The smallest absolute Gasteiger partial charge is 0.338 e. The number of ether oxygens (including phenoxy) is 2. The molecule has 1 aliphatic carbocycles. The van der Waals surface area contributed by atoms with Gasteiger partial charge in [-0.25, -0.2) is 13.2 Å². The van der Waals surface area contributed by atoms with Crippen LogP contribution in [0.4, 0.5) is 0 Å². The van der Waals surface area contributed by atoms with Gasteiger partial charge in [-0.05, 0) is 36.6 Å². The van der Waals surface area contributed by atoms with Gasteiger partial charge in [0.1, 0.15) is 21.8 Å². The summed E-state index contributed by atoms with van der Waals surface area (Å²) >= 11 is 6.57. The molecule has 138 valence electrons. The number of benzene rings is 1. The molecule has 2 N–H and O–H groups in total. The minimum atomic E-state index is -3.91. The molecule has 26 heavy (non-hydrogen) atoms. The van der Waals surface area contributed by atoms with E-state index < -0.39 is 21.5 Å². The molecule has 0 spiro atoms. The molecule has 2 aromatic rings. The number of thiophene rings is 1. The van der Waals surface area contributed by atoms with Crippen molar-refractivity contribution < 1.29 is 27.8 Å². The van der Waals surface area contributed by atoms with E-state index in [0.717, 1.165) is 23.0 Å². The van der Waals surface area contributed by atoms with Crippen molar-refractivity contribution in [3.05, 3.63) is 39.7 Å². The number of fused-ring (bicyclic) bond motifs is 1. The molecule has 0 bridgehead atoms. The Hall–Kier alpha value is -1.81. The standard InChI is InChI=1S/C16H14ClNO6S2/c17-14-10(15(19)20)8-13(25-14)26(21,22)18-16(3-4-16)9-1-2-11-12(7-9)24-6-5-23-11/h1-2,7-8,18H,3-6H2,(H,19,20). The summed E-state index contributed by atoms with van der Waals surface area (Å²) in [7, 11) is -3.91. The Balaban J connectivity index is 1.63. The number of sulfonamides is 1. The number of carboxylic acids is 1. The van der Waals surface area contributed by atoms with E-state index in [0.29, 0.717) is 37.6 Å². The normalized spacial score (nSPS) is 17.7. The molecule has 0 amide bonds. The highest BCUT2D eigenvalue weighted by atomic mass is 35.5. The van der Waals surface area contributed by atoms with Gasteiger partial charge in [0.15, 0.2) is 11.5 Å². The van der Waals surface area contributed by atoms with Gasteiger partial charge < -0.3 is 14.6 Å². The van der Waals surface area contributed by atoms with E-state index in [2.05, 4.69) is 4.72 Å². The summed E-state index contributed by atoms with van der Waals surface area (Å²) in [6, 6.07) is 6.45. The maximum atomic E-state index is 12.7. The molecule has 2 aliphatic rings.